The van der Waals surface area contributed by atoms with Gasteiger partial charge in [0, 0.05) is 179 Å². The number of nitrogens with zero attached hydrogens (tertiary/aromatic N) is 12. The molecule has 0 aliphatic carbocycles. The molecule has 15 aromatic rings. The van der Waals surface area contributed by atoms with Crippen LogP contribution in [0.15, 0.2) is 184 Å². The average Bonchev–Trinajstić information content (AvgIpc) is 1.60. The fourth-order valence-electron chi connectivity index (χ4n) is 12.2. The lowest BCUT2D eigenvalue weighted by Gasteiger charge is -2.13. The Morgan fingerprint density at radius 1 is 0.479 bits per heavy atom. The van der Waals surface area contributed by atoms with Gasteiger partial charge in [-0.15, -0.1) is 0 Å². The SMILES string of the molecule is CC(CO)c1cnc2c(NCCc3c[nH]c4ccccc34)nc(-c3cncc(F)c3)cn12.CCC(C)c1cnc2c(NCCc3c[nH]c4ccccc34)nc(-c3cncc(C)c3)cn12.CCC(C)c1cnc2c(NCCc3c[nH]c4ccccc34)nc(-c3cncc(Cl)c3)cn12. The van der Waals surface area contributed by atoms with E-state index in [4.69, 9.17) is 36.5 Å². The van der Waals surface area contributed by atoms with Gasteiger partial charge in [0.25, 0.3) is 0 Å². The number of aryl methyl sites for hydroxylation is 1. The van der Waals surface area contributed by atoms with Gasteiger partial charge in [-0.25, -0.2) is 34.3 Å². The molecule has 19 nitrogen and oxygen atoms in total. The van der Waals surface area contributed by atoms with E-state index in [1.165, 1.54) is 62.0 Å². The van der Waals surface area contributed by atoms with Crippen LogP contribution >= 0.6 is 11.6 Å². The number of para-hydroxylation sites is 3. The van der Waals surface area contributed by atoms with Gasteiger partial charge >= 0.3 is 0 Å². The number of aliphatic hydroxyl groups is 1. The highest BCUT2D eigenvalue weighted by atomic mass is 35.5. The Balaban J connectivity index is 0.000000130. The summed E-state index contributed by atoms with van der Waals surface area (Å²) in [7, 11) is 0. The number of aliphatic hydroxyl groups excluding tert-OH is 1. The molecular weight excluding hydrogens is 1220 g/mol. The van der Waals surface area contributed by atoms with Gasteiger partial charge in [-0.2, -0.15) is 0 Å². The van der Waals surface area contributed by atoms with Gasteiger partial charge in [0.05, 0.1) is 34.9 Å². The number of anilines is 3. The summed E-state index contributed by atoms with van der Waals surface area (Å²) < 4.78 is 20.0. The Bertz CT molecular complexity index is 4670. The number of benzene rings is 3. The predicted molar refractivity (Wildman–Crippen MR) is 383 cm³/mol. The summed E-state index contributed by atoms with van der Waals surface area (Å²) in [6, 6.07) is 30.4. The van der Waals surface area contributed by atoms with E-state index in [2.05, 4.69) is 174 Å². The number of fused-ring (bicyclic) bond motifs is 6. The zero-order valence-electron chi connectivity index (χ0n) is 54.5. The molecule has 0 spiro atoms. The lowest BCUT2D eigenvalue weighted by atomic mass is 10.1. The summed E-state index contributed by atoms with van der Waals surface area (Å²) >= 11 is 6.20. The Labute approximate surface area is 559 Å². The minimum atomic E-state index is -0.423. The van der Waals surface area contributed by atoms with Gasteiger partial charge in [0.15, 0.2) is 34.4 Å². The van der Waals surface area contributed by atoms with E-state index < -0.39 is 5.82 Å². The number of pyridine rings is 3. The third-order valence-corrected chi connectivity index (χ3v) is 18.0. The molecule has 12 heterocycles. The molecule has 486 valence electrons. The van der Waals surface area contributed by atoms with Crippen molar-refractivity contribution in [1.82, 2.24) is 73.0 Å². The molecule has 96 heavy (non-hydrogen) atoms. The van der Waals surface area contributed by atoms with Crippen LogP contribution in [0.1, 0.15) is 105 Å². The fourth-order valence-corrected chi connectivity index (χ4v) is 12.3. The summed E-state index contributed by atoms with van der Waals surface area (Å²) in [6.07, 6.45) is 32.4. The quantitative estimate of drug-likeness (QED) is 0.0355. The Hall–Kier alpha value is -10.8. The summed E-state index contributed by atoms with van der Waals surface area (Å²) in [5.74, 6) is 2.43. The Morgan fingerprint density at radius 3 is 1.24 bits per heavy atom. The molecule has 7 N–H and O–H groups in total. The van der Waals surface area contributed by atoms with E-state index in [-0.39, 0.29) is 12.5 Å². The summed E-state index contributed by atoms with van der Waals surface area (Å²) in [5.41, 5.74) is 18.7. The van der Waals surface area contributed by atoms with Crippen LogP contribution in [0.5, 0.6) is 0 Å². The molecule has 21 heteroatoms. The number of halogens is 2. The number of H-pyrrole nitrogens is 3. The summed E-state index contributed by atoms with van der Waals surface area (Å²) in [6.45, 7) is 15.0. The van der Waals surface area contributed by atoms with E-state index in [1.54, 1.807) is 24.8 Å². The molecule has 0 aliphatic heterocycles. The van der Waals surface area contributed by atoms with Crippen molar-refractivity contribution in [2.75, 3.05) is 42.2 Å². The van der Waals surface area contributed by atoms with Crippen molar-refractivity contribution >= 4 is 78.7 Å². The van der Waals surface area contributed by atoms with Gasteiger partial charge in [-0.3, -0.25) is 28.2 Å². The lowest BCUT2D eigenvalue weighted by molar-refractivity contribution is 0.270. The highest BCUT2D eigenvalue weighted by Crippen LogP contribution is 2.32. The number of nitrogens with one attached hydrogen (secondary N) is 6. The second kappa shape index (κ2) is 28.8. The van der Waals surface area contributed by atoms with Gasteiger partial charge in [0.1, 0.15) is 5.82 Å². The largest absolute Gasteiger partial charge is 0.396 e. The second-order valence-corrected chi connectivity index (χ2v) is 24.8. The van der Waals surface area contributed by atoms with Gasteiger partial charge in [-0.05, 0) is 110 Å². The van der Waals surface area contributed by atoms with Crippen molar-refractivity contribution in [1.29, 1.82) is 0 Å². The average molecular weight is 1300 g/mol. The molecule has 0 radical (unpaired) electrons. The molecule has 0 aliphatic rings. The first-order valence-corrected chi connectivity index (χ1v) is 33.0. The van der Waals surface area contributed by atoms with E-state index in [0.29, 0.717) is 46.1 Å². The summed E-state index contributed by atoms with van der Waals surface area (Å²) in [4.78, 5) is 51.1. The van der Waals surface area contributed by atoms with Gasteiger partial charge in [0.2, 0.25) is 0 Å². The van der Waals surface area contributed by atoms with Crippen molar-refractivity contribution in [2.45, 2.75) is 91.4 Å². The van der Waals surface area contributed by atoms with E-state index in [0.717, 1.165) is 113 Å². The van der Waals surface area contributed by atoms with E-state index in [9.17, 15) is 9.50 Å². The maximum atomic E-state index is 13.8. The lowest BCUT2D eigenvalue weighted by Crippen LogP contribution is -2.10. The molecule has 3 aromatic carbocycles. The molecule has 12 aromatic heterocycles. The molecule has 0 fully saturated rings. The Morgan fingerprint density at radius 2 is 0.854 bits per heavy atom. The molecule has 0 bridgehead atoms. The molecule has 15 rings (SSSR count). The number of rotatable bonds is 21. The number of aromatic nitrogens is 15. The van der Waals surface area contributed by atoms with Crippen molar-refractivity contribution in [2.24, 2.45) is 0 Å². The molecule has 3 atom stereocenters. The van der Waals surface area contributed by atoms with Gasteiger partial charge in [-0.1, -0.05) is 101 Å². The molecule has 0 saturated heterocycles. The van der Waals surface area contributed by atoms with E-state index >= 15 is 0 Å². The number of hydrogen-bond acceptors (Lipinski definition) is 13. The van der Waals surface area contributed by atoms with Crippen molar-refractivity contribution in [3.05, 3.63) is 234 Å². The molecule has 3 unspecified atom stereocenters. The first-order valence-electron chi connectivity index (χ1n) is 32.7. The van der Waals surface area contributed by atoms with Crippen LogP contribution in [0.4, 0.5) is 21.8 Å². The van der Waals surface area contributed by atoms with Crippen LogP contribution in [0.3, 0.4) is 0 Å². The topological polar surface area (TPSA) is 233 Å². The smallest absolute Gasteiger partial charge is 0.180 e. The number of imidazole rings is 3. The van der Waals surface area contributed by atoms with Crippen molar-refractivity contribution in [3.8, 4) is 33.8 Å². The molecule has 0 saturated carbocycles. The Kier molecular flexibility index (Phi) is 19.2. The fraction of sp³-hybridized carbons (Fsp3) is 0.240. The van der Waals surface area contributed by atoms with Crippen LogP contribution in [-0.4, -0.2) is 104 Å². The van der Waals surface area contributed by atoms with Crippen LogP contribution in [0.25, 0.3) is 83.4 Å². The zero-order chi connectivity index (χ0) is 66.2. The third kappa shape index (κ3) is 13.7. The van der Waals surface area contributed by atoms with Crippen LogP contribution in [0.2, 0.25) is 5.02 Å². The zero-order valence-corrected chi connectivity index (χ0v) is 55.2. The van der Waals surface area contributed by atoms with Crippen LogP contribution in [0, 0.1) is 12.7 Å². The van der Waals surface area contributed by atoms with Gasteiger partial charge < -0.3 is 36.0 Å². The number of hydrogen-bond donors (Lipinski definition) is 7. The summed E-state index contributed by atoms with van der Waals surface area (Å²) in [5, 5.41) is 24.5. The first kappa shape index (κ1) is 63.9. The minimum Gasteiger partial charge on any atom is -0.396 e. The normalized spacial score (nSPS) is 12.5. The van der Waals surface area contributed by atoms with E-state index in [1.807, 2.05) is 79.0 Å². The minimum absolute atomic E-state index is 0.00367. The van der Waals surface area contributed by atoms with Crippen molar-refractivity contribution in [3.63, 3.8) is 0 Å². The number of aromatic amines is 3. The van der Waals surface area contributed by atoms with Crippen molar-refractivity contribution < 1.29 is 9.50 Å². The van der Waals surface area contributed by atoms with Crippen LogP contribution in [-0.2, 0) is 19.3 Å². The van der Waals surface area contributed by atoms with Crippen LogP contribution < -0.4 is 16.0 Å². The first-order chi connectivity index (χ1) is 46.9. The monoisotopic (exact) mass is 1300 g/mol. The highest BCUT2D eigenvalue weighted by molar-refractivity contribution is 6.30. The standard InChI is InChI=1S/C26H28N6.C25H25ClN6.C24H23FN6O/c1-4-18(3)24-15-30-26-25(28-10-9-19-14-29-22-8-6-5-7-21(19)22)31-23(16-32(24)26)20-11-17(2)12-27-13-20;1-3-16(2)23-14-30-25-24(28-9-8-17-12-29-21-7-5-4-6-20(17)21)31-22(15-32(23)25)18-10-19(26)13-27-11-18;1-15(14-32)22-12-29-24-23(27-7-6-16-10-28-20-5-3-2-4-19(16)20)30-21(13-31(22)24)17-8-18(25)11-26-9-17/h5-8,11-16,18,29H,4,9-10H2,1-3H3,(H,28,31);4-7,10-16,29H,3,8-9H2,1-2H3,(H,28,31);2-5,8-13,15,28,32H,6-7,14H2,1H3,(H,27,30). The maximum absolute atomic E-state index is 13.8. The highest BCUT2D eigenvalue weighted by Gasteiger charge is 2.21. The predicted octanol–water partition coefficient (Wildman–Crippen LogP) is 16.0. The molecular formula is C75H76ClFN18O. The maximum Gasteiger partial charge on any atom is 0.180 e. The second-order valence-electron chi connectivity index (χ2n) is 24.4. The molecule has 0 amide bonds. The third-order valence-electron chi connectivity index (χ3n) is 17.8.